The van der Waals surface area contributed by atoms with Gasteiger partial charge in [-0.2, -0.15) is 0 Å². The Morgan fingerprint density at radius 2 is 2.07 bits per heavy atom. The largest absolute Gasteiger partial charge is 0.497 e. The number of ether oxygens (including phenoxy) is 2. The summed E-state index contributed by atoms with van der Waals surface area (Å²) in [4.78, 5) is 11.5. The van der Waals surface area contributed by atoms with Crippen LogP contribution in [0, 0.1) is 6.92 Å². The Morgan fingerprint density at radius 3 is 2.53 bits per heavy atom. The second-order valence-electron chi connectivity index (χ2n) is 3.10. The van der Waals surface area contributed by atoms with Gasteiger partial charge in [0.25, 0.3) is 0 Å². The quantitative estimate of drug-likeness (QED) is 0.589. The summed E-state index contributed by atoms with van der Waals surface area (Å²) in [5, 5.41) is 0. The molecule has 82 valence electrons. The zero-order valence-electron chi connectivity index (χ0n) is 8.96. The molecule has 3 nitrogen and oxygen atoms in total. The summed E-state index contributed by atoms with van der Waals surface area (Å²) < 4.78 is 9.79. The van der Waals surface area contributed by atoms with Crippen LogP contribution in [-0.4, -0.2) is 20.2 Å². The van der Waals surface area contributed by atoms with Gasteiger partial charge in [-0.3, -0.25) is 0 Å². The highest BCUT2D eigenvalue weighted by molar-refractivity contribution is 6.17. The van der Waals surface area contributed by atoms with Crippen LogP contribution in [0.2, 0.25) is 0 Å². The molecule has 0 N–H and O–H groups in total. The first-order valence-corrected chi connectivity index (χ1v) is 4.99. The number of hydrogen-bond donors (Lipinski definition) is 0. The van der Waals surface area contributed by atoms with E-state index in [0.717, 1.165) is 11.1 Å². The average molecular weight is 229 g/mol. The van der Waals surface area contributed by atoms with Gasteiger partial charge in [-0.05, 0) is 30.2 Å². The predicted octanol–water partition coefficient (Wildman–Crippen LogP) is 2.53. The Morgan fingerprint density at radius 1 is 1.40 bits per heavy atom. The molecule has 0 aliphatic rings. The molecule has 0 aliphatic carbocycles. The van der Waals surface area contributed by atoms with Gasteiger partial charge >= 0.3 is 5.97 Å². The molecule has 1 rings (SSSR count). The fraction of sp³-hybridized carbons (Fsp3) is 0.364. The molecule has 4 heteroatoms. The van der Waals surface area contributed by atoms with Gasteiger partial charge in [0.1, 0.15) is 5.75 Å². The van der Waals surface area contributed by atoms with E-state index in [4.69, 9.17) is 21.1 Å². The number of rotatable bonds is 3. The van der Waals surface area contributed by atoms with Gasteiger partial charge in [-0.25, -0.2) is 4.79 Å². The normalized spacial score (nSPS) is 9.87. The summed E-state index contributed by atoms with van der Waals surface area (Å²) in [6, 6.07) is 3.52. The third-order valence-corrected chi connectivity index (χ3v) is 2.45. The molecule has 15 heavy (non-hydrogen) atoms. The van der Waals surface area contributed by atoms with Crippen molar-refractivity contribution >= 4 is 17.6 Å². The molecule has 0 spiro atoms. The summed E-state index contributed by atoms with van der Waals surface area (Å²) in [5.41, 5.74) is 2.05. The van der Waals surface area contributed by atoms with Crippen molar-refractivity contribution in [1.82, 2.24) is 0 Å². The van der Waals surface area contributed by atoms with Crippen molar-refractivity contribution in [3.05, 3.63) is 28.8 Å². The number of aryl methyl sites for hydroxylation is 1. The molecule has 0 radical (unpaired) electrons. The number of halogens is 1. The Bertz CT molecular complexity index is 374. The van der Waals surface area contributed by atoms with Crippen molar-refractivity contribution < 1.29 is 14.3 Å². The Labute approximate surface area is 93.9 Å². The van der Waals surface area contributed by atoms with Crippen molar-refractivity contribution in [2.24, 2.45) is 0 Å². The molecular formula is C11H13ClO3. The molecule has 0 unspecified atom stereocenters. The fourth-order valence-electron chi connectivity index (χ4n) is 1.44. The van der Waals surface area contributed by atoms with Crippen molar-refractivity contribution in [2.45, 2.75) is 12.8 Å². The van der Waals surface area contributed by atoms with Crippen molar-refractivity contribution in [1.29, 1.82) is 0 Å². The summed E-state index contributed by atoms with van der Waals surface area (Å²) in [6.07, 6.45) is 0. The molecule has 0 aliphatic heterocycles. The van der Waals surface area contributed by atoms with Crippen LogP contribution in [-0.2, 0) is 10.6 Å². The lowest BCUT2D eigenvalue weighted by molar-refractivity contribution is 0.0599. The molecule has 0 aromatic heterocycles. The zero-order valence-corrected chi connectivity index (χ0v) is 9.72. The van der Waals surface area contributed by atoms with Gasteiger partial charge in [0.2, 0.25) is 0 Å². The zero-order chi connectivity index (χ0) is 11.4. The van der Waals surface area contributed by atoms with Crippen LogP contribution in [0.3, 0.4) is 0 Å². The molecule has 1 aromatic rings. The topological polar surface area (TPSA) is 35.5 Å². The third-order valence-electron chi connectivity index (χ3n) is 2.16. The second kappa shape index (κ2) is 5.03. The minimum Gasteiger partial charge on any atom is -0.497 e. The van der Waals surface area contributed by atoms with Crippen LogP contribution in [0.4, 0.5) is 0 Å². The van der Waals surface area contributed by atoms with Gasteiger partial charge in [0, 0.05) is 5.88 Å². The molecule has 0 atom stereocenters. The fourth-order valence-corrected chi connectivity index (χ4v) is 1.65. The first kappa shape index (κ1) is 11.9. The monoisotopic (exact) mass is 228 g/mol. The van der Waals surface area contributed by atoms with Gasteiger partial charge in [0.05, 0.1) is 19.8 Å². The van der Waals surface area contributed by atoms with Gasteiger partial charge in [-0.15, -0.1) is 11.6 Å². The van der Waals surface area contributed by atoms with Gasteiger partial charge < -0.3 is 9.47 Å². The van der Waals surface area contributed by atoms with E-state index in [1.807, 2.05) is 6.92 Å². The lowest BCUT2D eigenvalue weighted by Crippen LogP contribution is -2.08. The SMILES string of the molecule is COC(=O)c1c(C)cc(OC)cc1CCl. The number of benzene rings is 1. The first-order chi connectivity index (χ1) is 7.13. The highest BCUT2D eigenvalue weighted by Crippen LogP contribution is 2.24. The Hall–Kier alpha value is -1.22. The van der Waals surface area contributed by atoms with E-state index in [2.05, 4.69) is 0 Å². The minimum atomic E-state index is -0.370. The molecule has 0 fully saturated rings. The Balaban J connectivity index is 3.30. The van der Waals surface area contributed by atoms with E-state index in [9.17, 15) is 4.79 Å². The summed E-state index contributed by atoms with van der Waals surface area (Å²) >= 11 is 5.77. The third kappa shape index (κ3) is 2.42. The van der Waals surface area contributed by atoms with E-state index in [0.29, 0.717) is 11.3 Å². The van der Waals surface area contributed by atoms with E-state index in [-0.39, 0.29) is 11.8 Å². The van der Waals surface area contributed by atoms with Crippen LogP contribution in [0.5, 0.6) is 5.75 Å². The Kier molecular flexibility index (Phi) is 3.97. The van der Waals surface area contributed by atoms with E-state index in [1.54, 1.807) is 19.2 Å². The lowest BCUT2D eigenvalue weighted by Gasteiger charge is -2.11. The second-order valence-corrected chi connectivity index (χ2v) is 3.37. The van der Waals surface area contributed by atoms with Crippen LogP contribution in [0.25, 0.3) is 0 Å². The van der Waals surface area contributed by atoms with E-state index >= 15 is 0 Å². The first-order valence-electron chi connectivity index (χ1n) is 4.45. The number of esters is 1. The summed E-state index contributed by atoms with van der Waals surface area (Å²) in [6.45, 7) is 1.82. The van der Waals surface area contributed by atoms with E-state index < -0.39 is 0 Å². The maximum absolute atomic E-state index is 11.5. The number of carbonyl (C=O) groups is 1. The van der Waals surface area contributed by atoms with Gasteiger partial charge in [0.15, 0.2) is 0 Å². The van der Waals surface area contributed by atoms with Crippen molar-refractivity contribution in [3.8, 4) is 5.75 Å². The maximum Gasteiger partial charge on any atom is 0.338 e. The van der Waals surface area contributed by atoms with Crippen LogP contribution >= 0.6 is 11.6 Å². The summed E-state index contributed by atoms with van der Waals surface area (Å²) in [5.74, 6) is 0.573. The number of alkyl halides is 1. The lowest BCUT2D eigenvalue weighted by atomic mass is 10.0. The summed E-state index contributed by atoms with van der Waals surface area (Å²) in [7, 11) is 2.93. The number of carbonyl (C=O) groups excluding carboxylic acids is 1. The minimum absolute atomic E-state index is 0.252. The molecular weight excluding hydrogens is 216 g/mol. The molecule has 0 saturated heterocycles. The van der Waals surface area contributed by atoms with E-state index in [1.165, 1.54) is 7.11 Å². The molecule has 0 bridgehead atoms. The molecule has 1 aromatic carbocycles. The van der Waals surface area contributed by atoms with Gasteiger partial charge in [-0.1, -0.05) is 0 Å². The van der Waals surface area contributed by atoms with Crippen LogP contribution in [0.1, 0.15) is 21.5 Å². The maximum atomic E-state index is 11.5. The number of hydrogen-bond acceptors (Lipinski definition) is 3. The standard InChI is InChI=1S/C11H13ClO3/c1-7-4-9(14-2)5-8(6-12)10(7)11(13)15-3/h4-5H,6H2,1-3H3. The van der Waals surface area contributed by atoms with Crippen molar-refractivity contribution in [3.63, 3.8) is 0 Å². The highest BCUT2D eigenvalue weighted by Gasteiger charge is 2.15. The van der Waals surface area contributed by atoms with Crippen molar-refractivity contribution in [2.75, 3.05) is 14.2 Å². The van der Waals surface area contributed by atoms with Crippen LogP contribution < -0.4 is 4.74 Å². The predicted molar refractivity (Wildman–Crippen MR) is 58.6 cm³/mol. The number of methoxy groups -OCH3 is 2. The molecule has 0 saturated carbocycles. The smallest absolute Gasteiger partial charge is 0.338 e. The molecule has 0 heterocycles. The van der Waals surface area contributed by atoms with Crippen LogP contribution in [0.15, 0.2) is 12.1 Å². The average Bonchev–Trinajstić information content (AvgIpc) is 2.26. The highest BCUT2D eigenvalue weighted by atomic mass is 35.5. The molecule has 0 amide bonds.